The molecular weight excluding hydrogens is 446 g/mol. The van der Waals surface area contributed by atoms with E-state index in [0.717, 1.165) is 31.2 Å². The number of fused-ring (bicyclic) bond motifs is 2. The first-order valence-corrected chi connectivity index (χ1v) is 12.5. The van der Waals surface area contributed by atoms with Gasteiger partial charge in [-0.05, 0) is 49.7 Å². The Balaban J connectivity index is 1.35. The number of amides is 3. The van der Waals surface area contributed by atoms with E-state index in [9.17, 15) is 14.4 Å². The molecule has 1 atom stereocenters. The van der Waals surface area contributed by atoms with Crippen molar-refractivity contribution in [3.05, 3.63) is 41.9 Å². The number of aryl methyl sites for hydroxylation is 1. The first kappa shape index (κ1) is 23.5. The molecule has 4 heterocycles. The van der Waals surface area contributed by atoms with Gasteiger partial charge in [-0.3, -0.25) is 14.4 Å². The lowest BCUT2D eigenvalue weighted by atomic mass is 9.76. The van der Waals surface area contributed by atoms with Crippen molar-refractivity contribution in [3.8, 4) is 0 Å². The molecule has 3 amide bonds. The number of nitrogens with zero attached hydrogens (tertiary/aromatic N) is 2. The minimum absolute atomic E-state index is 0.0369. The molecule has 1 saturated carbocycles. The fourth-order valence-corrected chi connectivity index (χ4v) is 5.72. The van der Waals surface area contributed by atoms with Crippen LogP contribution in [0.2, 0.25) is 0 Å². The second-order valence-electron chi connectivity index (χ2n) is 10.2. The van der Waals surface area contributed by atoms with Crippen molar-refractivity contribution in [2.24, 2.45) is 18.9 Å². The number of carbonyl (C=O) groups is 3. The largest absolute Gasteiger partial charge is 0.381 e. The van der Waals surface area contributed by atoms with Crippen molar-refractivity contribution < 1.29 is 19.1 Å². The molecule has 35 heavy (non-hydrogen) atoms. The van der Waals surface area contributed by atoms with Crippen molar-refractivity contribution in [1.82, 2.24) is 14.9 Å². The lowest BCUT2D eigenvalue weighted by molar-refractivity contribution is -0.124. The SMILES string of the molecule is CC1CCC(C(NC(=O)c2cccn2C)C(=O)Nc2cc3c(cn2)C2(CCOCC2)C(=O)N3)CC1. The molecule has 2 aromatic rings. The molecule has 1 saturated heterocycles. The summed E-state index contributed by atoms with van der Waals surface area (Å²) in [6.07, 6.45) is 8.55. The standard InChI is InChI=1S/C26H33N5O4/c1-16-5-7-17(8-6-16)22(30-23(32)20-4-3-11-31(20)2)24(33)29-21-14-19-18(15-27-21)26(25(34)28-19)9-12-35-13-10-26/h3-4,11,14-17,22H,5-10,12-13H2,1-2H3,(H,28,34)(H,30,32)(H,27,29,33). The number of hydrogen-bond acceptors (Lipinski definition) is 5. The van der Waals surface area contributed by atoms with Gasteiger partial charge in [-0.15, -0.1) is 0 Å². The molecule has 3 N–H and O–H groups in total. The second kappa shape index (κ2) is 9.45. The van der Waals surface area contributed by atoms with Gasteiger partial charge >= 0.3 is 0 Å². The fourth-order valence-electron chi connectivity index (χ4n) is 5.72. The lowest BCUT2D eigenvalue weighted by Gasteiger charge is -2.32. The van der Waals surface area contributed by atoms with Crippen molar-refractivity contribution >= 4 is 29.2 Å². The van der Waals surface area contributed by atoms with Crippen LogP contribution in [0.5, 0.6) is 0 Å². The summed E-state index contributed by atoms with van der Waals surface area (Å²) in [4.78, 5) is 43.7. The monoisotopic (exact) mass is 479 g/mol. The van der Waals surface area contributed by atoms with E-state index in [1.54, 1.807) is 42.2 Å². The number of anilines is 2. The maximum atomic E-state index is 13.5. The molecule has 0 radical (unpaired) electrons. The third-order valence-corrected chi connectivity index (χ3v) is 7.98. The summed E-state index contributed by atoms with van der Waals surface area (Å²) in [6, 6.07) is 4.59. The zero-order valence-electron chi connectivity index (χ0n) is 20.3. The smallest absolute Gasteiger partial charge is 0.268 e. The number of hydrogen-bond donors (Lipinski definition) is 3. The number of carbonyl (C=O) groups excluding carboxylic acids is 3. The Morgan fingerprint density at radius 1 is 1.23 bits per heavy atom. The van der Waals surface area contributed by atoms with Crippen molar-refractivity contribution in [1.29, 1.82) is 0 Å². The van der Waals surface area contributed by atoms with Crippen LogP contribution >= 0.6 is 0 Å². The molecule has 1 aliphatic carbocycles. The van der Waals surface area contributed by atoms with Gasteiger partial charge in [-0.1, -0.05) is 19.8 Å². The molecule has 0 bridgehead atoms. The van der Waals surface area contributed by atoms with E-state index >= 15 is 0 Å². The number of aromatic nitrogens is 2. The summed E-state index contributed by atoms with van der Waals surface area (Å²) in [7, 11) is 1.81. The Kier molecular flexibility index (Phi) is 6.35. The van der Waals surface area contributed by atoms with Crippen LogP contribution < -0.4 is 16.0 Å². The molecule has 3 aliphatic rings. The maximum Gasteiger partial charge on any atom is 0.268 e. The Morgan fingerprint density at radius 2 is 1.97 bits per heavy atom. The van der Waals surface area contributed by atoms with E-state index in [1.807, 2.05) is 0 Å². The summed E-state index contributed by atoms with van der Waals surface area (Å²) in [5.41, 5.74) is 1.44. The Morgan fingerprint density at radius 3 is 2.66 bits per heavy atom. The predicted octanol–water partition coefficient (Wildman–Crippen LogP) is 2.98. The number of rotatable bonds is 5. The van der Waals surface area contributed by atoms with Crippen LogP contribution in [0.3, 0.4) is 0 Å². The summed E-state index contributed by atoms with van der Waals surface area (Å²) in [6.45, 7) is 3.30. The number of pyridine rings is 1. The highest BCUT2D eigenvalue weighted by molar-refractivity contribution is 6.07. The normalized spacial score (nSPS) is 23.9. The van der Waals surface area contributed by atoms with Crippen molar-refractivity contribution in [3.63, 3.8) is 0 Å². The highest BCUT2D eigenvalue weighted by Crippen LogP contribution is 2.44. The Hall–Kier alpha value is -3.20. The highest BCUT2D eigenvalue weighted by Gasteiger charge is 2.48. The molecule has 2 aliphatic heterocycles. The topological polar surface area (TPSA) is 114 Å². The van der Waals surface area contributed by atoms with Crippen LogP contribution in [0.15, 0.2) is 30.6 Å². The average Bonchev–Trinajstić information content (AvgIpc) is 3.39. The molecule has 0 aromatic carbocycles. The van der Waals surface area contributed by atoms with Crippen LogP contribution in [0, 0.1) is 11.8 Å². The van der Waals surface area contributed by atoms with Gasteiger partial charge in [0, 0.05) is 44.3 Å². The van der Waals surface area contributed by atoms with Gasteiger partial charge in [0.05, 0.1) is 11.1 Å². The number of nitrogens with one attached hydrogen (secondary N) is 3. The molecule has 9 heteroatoms. The van der Waals surface area contributed by atoms with Crippen LogP contribution in [-0.2, 0) is 26.8 Å². The Bertz CT molecular complexity index is 1130. The molecule has 2 aromatic heterocycles. The molecular formula is C26H33N5O4. The predicted molar refractivity (Wildman–Crippen MR) is 131 cm³/mol. The zero-order chi connectivity index (χ0) is 24.6. The highest BCUT2D eigenvalue weighted by atomic mass is 16.5. The minimum atomic E-state index is -0.670. The van der Waals surface area contributed by atoms with Crippen LogP contribution in [-0.4, -0.2) is 46.5 Å². The molecule has 9 nitrogen and oxygen atoms in total. The summed E-state index contributed by atoms with van der Waals surface area (Å²) >= 11 is 0. The zero-order valence-corrected chi connectivity index (χ0v) is 20.3. The van der Waals surface area contributed by atoms with Gasteiger partial charge < -0.3 is 25.3 Å². The van der Waals surface area contributed by atoms with Crippen LogP contribution in [0.1, 0.15) is 61.5 Å². The average molecular weight is 480 g/mol. The first-order chi connectivity index (χ1) is 16.9. The first-order valence-electron chi connectivity index (χ1n) is 12.5. The summed E-state index contributed by atoms with van der Waals surface area (Å²) in [5.74, 6) is 0.440. The maximum absolute atomic E-state index is 13.5. The van der Waals surface area contributed by atoms with Crippen LogP contribution in [0.25, 0.3) is 0 Å². The van der Waals surface area contributed by atoms with Gasteiger partial charge in [0.15, 0.2) is 0 Å². The molecule has 2 fully saturated rings. The van der Waals surface area contributed by atoms with E-state index in [2.05, 4.69) is 27.9 Å². The molecule has 186 valence electrons. The van der Waals surface area contributed by atoms with E-state index in [1.165, 1.54) is 0 Å². The molecule has 1 unspecified atom stereocenters. The third-order valence-electron chi connectivity index (χ3n) is 7.98. The quantitative estimate of drug-likeness (QED) is 0.610. The third kappa shape index (κ3) is 4.45. The molecule has 5 rings (SSSR count). The summed E-state index contributed by atoms with van der Waals surface area (Å²) < 4.78 is 7.20. The van der Waals surface area contributed by atoms with E-state index < -0.39 is 11.5 Å². The second-order valence-corrected chi connectivity index (χ2v) is 10.2. The lowest BCUT2D eigenvalue weighted by Crippen LogP contribution is -2.49. The van der Waals surface area contributed by atoms with Crippen molar-refractivity contribution in [2.75, 3.05) is 23.8 Å². The van der Waals surface area contributed by atoms with Gasteiger partial charge in [-0.25, -0.2) is 4.98 Å². The van der Waals surface area contributed by atoms with Crippen LogP contribution in [0.4, 0.5) is 11.5 Å². The summed E-state index contributed by atoms with van der Waals surface area (Å²) in [5, 5.41) is 8.86. The molecule has 1 spiro atoms. The van der Waals surface area contributed by atoms with E-state index in [-0.39, 0.29) is 23.6 Å². The fraction of sp³-hybridized carbons (Fsp3) is 0.538. The number of ether oxygens (including phenoxy) is 1. The van der Waals surface area contributed by atoms with Gasteiger partial charge in [0.25, 0.3) is 5.91 Å². The van der Waals surface area contributed by atoms with Crippen molar-refractivity contribution in [2.45, 2.75) is 56.9 Å². The van der Waals surface area contributed by atoms with Gasteiger partial charge in [-0.2, -0.15) is 0 Å². The van der Waals surface area contributed by atoms with E-state index in [4.69, 9.17) is 4.74 Å². The Labute approximate surface area is 205 Å². The minimum Gasteiger partial charge on any atom is -0.381 e. The van der Waals surface area contributed by atoms with E-state index in [0.29, 0.717) is 49.2 Å². The van der Waals surface area contributed by atoms with Gasteiger partial charge in [0.1, 0.15) is 17.6 Å². The van der Waals surface area contributed by atoms with Gasteiger partial charge in [0.2, 0.25) is 11.8 Å².